The highest BCUT2D eigenvalue weighted by atomic mass is 19.1. The van der Waals surface area contributed by atoms with Gasteiger partial charge in [0.25, 0.3) is 0 Å². The van der Waals surface area contributed by atoms with Crippen molar-refractivity contribution in [2.75, 3.05) is 19.6 Å². The van der Waals surface area contributed by atoms with Gasteiger partial charge in [0.2, 0.25) is 11.8 Å². The molecule has 134 valence electrons. The van der Waals surface area contributed by atoms with Crippen molar-refractivity contribution >= 4 is 11.8 Å². The second kappa shape index (κ2) is 6.43. The van der Waals surface area contributed by atoms with Gasteiger partial charge >= 0.3 is 0 Å². The van der Waals surface area contributed by atoms with E-state index in [1.165, 1.54) is 24.0 Å². The van der Waals surface area contributed by atoms with Crippen LogP contribution in [0.5, 0.6) is 0 Å². The van der Waals surface area contributed by atoms with Crippen molar-refractivity contribution < 1.29 is 20.8 Å². The van der Waals surface area contributed by atoms with Crippen molar-refractivity contribution in [3.8, 4) is 0 Å². The molecule has 3 atom stereocenters. The van der Waals surface area contributed by atoms with Crippen LogP contribution >= 0.6 is 0 Å². The average Bonchev–Trinajstić information content (AvgIpc) is 2.65. The lowest BCUT2D eigenvalue weighted by molar-refractivity contribution is -0.152. The van der Waals surface area contributed by atoms with Crippen molar-refractivity contribution in [1.29, 1.82) is 0 Å². The molecule has 1 saturated carbocycles. The van der Waals surface area contributed by atoms with Gasteiger partial charge in [-0.25, -0.2) is 4.39 Å². The molecule has 0 spiro atoms. The van der Waals surface area contributed by atoms with E-state index in [4.69, 9.17) is 6.85 Å². The van der Waals surface area contributed by atoms with E-state index >= 15 is 0 Å². The molecule has 5 heteroatoms. The van der Waals surface area contributed by atoms with Crippen LogP contribution in [0.4, 0.5) is 4.39 Å². The molecule has 1 aliphatic carbocycles. The number of halogens is 1. The van der Waals surface area contributed by atoms with Crippen LogP contribution in [0.3, 0.4) is 0 Å². The van der Waals surface area contributed by atoms with Gasteiger partial charge in [-0.2, -0.15) is 0 Å². The van der Waals surface area contributed by atoms with Crippen LogP contribution in [0.15, 0.2) is 18.2 Å². The van der Waals surface area contributed by atoms with E-state index < -0.39 is 42.3 Å². The molecule has 0 aromatic heterocycles. The van der Waals surface area contributed by atoms with E-state index in [9.17, 15) is 14.0 Å². The molecule has 2 fully saturated rings. The Kier molecular flexibility index (Phi) is 3.00. The number of rotatable bonds is 1. The van der Waals surface area contributed by atoms with E-state index in [1.54, 1.807) is 11.0 Å². The second-order valence-corrected chi connectivity index (χ2v) is 7.10. The molecule has 0 radical (unpaired) electrons. The summed E-state index contributed by atoms with van der Waals surface area (Å²) in [7, 11) is 0. The molecule has 2 unspecified atom stereocenters. The van der Waals surface area contributed by atoms with Crippen LogP contribution in [-0.4, -0.2) is 41.2 Å². The van der Waals surface area contributed by atoms with Crippen LogP contribution in [-0.2, 0) is 16.0 Å². The molecule has 2 heterocycles. The van der Waals surface area contributed by atoms with Crippen molar-refractivity contribution in [2.24, 2.45) is 11.8 Å². The van der Waals surface area contributed by atoms with Gasteiger partial charge < -0.3 is 9.80 Å². The Morgan fingerprint density at radius 3 is 3.08 bits per heavy atom. The molecular weight excluding hydrogens is 319 g/mol. The molecule has 2 amide bonds. The lowest BCUT2D eigenvalue weighted by atomic mass is 9.81. The number of hydrogen-bond donors (Lipinski definition) is 0. The minimum absolute atomic E-state index is 0.122. The minimum atomic E-state index is -2.40. The summed E-state index contributed by atoms with van der Waals surface area (Å²) in [6.07, 6.45) is -4.57. The molecule has 4 rings (SSSR count). The molecule has 1 aromatic rings. The molecule has 1 saturated heterocycles. The fourth-order valence-corrected chi connectivity index (χ4v) is 4.11. The maximum atomic E-state index is 13.9. The van der Waals surface area contributed by atoms with Gasteiger partial charge in [0.1, 0.15) is 5.82 Å². The normalized spacial score (nSPS) is 39.1. The van der Waals surface area contributed by atoms with Crippen LogP contribution in [0.2, 0.25) is 0 Å². The Balaban J connectivity index is 1.60. The first kappa shape index (κ1) is 11.7. The predicted octanol–water partition coefficient (Wildman–Crippen LogP) is 2.92. The standard InChI is InChI=1S/C20H25FN2O2/c1-13-3-2-4-15(9-13)20(25)22-11-18-17-10-16(21)6-5-14(17)7-8-23(18)19(24)12-22/h5-6,10,13,15,18H,2-4,7-9,11-12H2,1H3/t13?,15?,18-/m0/s1/i2D2,3D2,13D. The Morgan fingerprint density at radius 1 is 1.44 bits per heavy atom. The Hall–Kier alpha value is -1.91. The first-order chi connectivity index (χ1) is 13.8. The van der Waals surface area contributed by atoms with Gasteiger partial charge in [0.15, 0.2) is 0 Å². The van der Waals surface area contributed by atoms with E-state index in [-0.39, 0.29) is 31.8 Å². The number of hydrogen-bond acceptors (Lipinski definition) is 2. The lowest BCUT2D eigenvalue weighted by Crippen LogP contribution is -2.56. The molecule has 25 heavy (non-hydrogen) atoms. The number of amides is 2. The summed E-state index contributed by atoms with van der Waals surface area (Å²) in [5.41, 5.74) is 1.63. The largest absolute Gasteiger partial charge is 0.332 e. The molecule has 0 bridgehead atoms. The highest BCUT2D eigenvalue weighted by molar-refractivity contribution is 5.87. The topological polar surface area (TPSA) is 40.6 Å². The number of fused-ring (bicyclic) bond motifs is 3. The monoisotopic (exact) mass is 349 g/mol. The lowest BCUT2D eigenvalue weighted by Gasteiger charge is -2.45. The summed E-state index contributed by atoms with van der Waals surface area (Å²) < 4.78 is 54.5. The van der Waals surface area contributed by atoms with Crippen molar-refractivity contribution in [1.82, 2.24) is 9.80 Å². The van der Waals surface area contributed by atoms with E-state index in [2.05, 4.69) is 0 Å². The first-order valence-electron chi connectivity index (χ1n) is 11.2. The van der Waals surface area contributed by atoms with Gasteiger partial charge in [-0.3, -0.25) is 9.59 Å². The first-order valence-corrected chi connectivity index (χ1v) is 8.71. The molecule has 0 N–H and O–H groups in total. The molecule has 4 nitrogen and oxygen atoms in total. The van der Waals surface area contributed by atoms with Crippen LogP contribution in [0.1, 0.15) is 56.5 Å². The highest BCUT2D eigenvalue weighted by Gasteiger charge is 2.40. The quantitative estimate of drug-likeness (QED) is 0.782. The number of piperazine rings is 1. The zero-order valence-electron chi connectivity index (χ0n) is 19.2. The fraction of sp³-hybridized carbons (Fsp3) is 0.600. The summed E-state index contributed by atoms with van der Waals surface area (Å²) in [5.74, 6) is -3.75. The van der Waals surface area contributed by atoms with Crippen molar-refractivity contribution in [2.45, 2.75) is 45.0 Å². The average molecular weight is 349 g/mol. The summed E-state index contributed by atoms with van der Waals surface area (Å²) in [4.78, 5) is 29.0. The summed E-state index contributed by atoms with van der Waals surface area (Å²) >= 11 is 0. The SMILES string of the molecule is [2H]C1([2H])CC(C(=O)N2CC(=O)N3CCc4ccc(F)cc4[C@@H]3C2)CC([2H])(C)C1([2H])[2H]. The van der Waals surface area contributed by atoms with Crippen LogP contribution in [0.25, 0.3) is 0 Å². The molecule has 1 aromatic carbocycles. The Bertz CT molecular complexity index is 887. The number of benzene rings is 1. The van der Waals surface area contributed by atoms with Gasteiger partial charge in [0.05, 0.1) is 12.6 Å². The molecular formula is C20H25FN2O2. The number of carbonyl (C=O) groups excluding carboxylic acids is 2. The van der Waals surface area contributed by atoms with Crippen LogP contribution < -0.4 is 0 Å². The maximum Gasteiger partial charge on any atom is 0.242 e. The fourth-order valence-electron chi connectivity index (χ4n) is 4.11. The van der Waals surface area contributed by atoms with E-state index in [0.29, 0.717) is 18.5 Å². The minimum Gasteiger partial charge on any atom is -0.332 e. The van der Waals surface area contributed by atoms with E-state index in [1.807, 2.05) is 0 Å². The third-order valence-corrected chi connectivity index (χ3v) is 5.37. The number of nitrogens with zero attached hydrogens (tertiary/aromatic N) is 2. The second-order valence-electron chi connectivity index (χ2n) is 7.10. The van der Waals surface area contributed by atoms with Gasteiger partial charge in [-0.1, -0.05) is 25.7 Å². The zero-order valence-corrected chi connectivity index (χ0v) is 14.2. The Labute approximate surface area is 155 Å². The third kappa shape index (κ3) is 3.05. The van der Waals surface area contributed by atoms with Crippen molar-refractivity contribution in [3.63, 3.8) is 0 Å². The number of carbonyl (C=O) groups is 2. The molecule has 3 aliphatic rings. The van der Waals surface area contributed by atoms with Gasteiger partial charge in [-0.05, 0) is 48.4 Å². The summed E-state index contributed by atoms with van der Waals surface area (Å²) in [5, 5.41) is 0. The Morgan fingerprint density at radius 2 is 2.28 bits per heavy atom. The summed E-state index contributed by atoms with van der Waals surface area (Å²) in [6.45, 7) is 1.86. The zero-order chi connectivity index (χ0) is 22.1. The predicted molar refractivity (Wildman–Crippen MR) is 92.3 cm³/mol. The third-order valence-electron chi connectivity index (χ3n) is 5.37. The van der Waals surface area contributed by atoms with Crippen LogP contribution in [0, 0.1) is 17.6 Å². The summed E-state index contributed by atoms with van der Waals surface area (Å²) in [6, 6.07) is 4.04. The van der Waals surface area contributed by atoms with Gasteiger partial charge in [0, 0.05) is 25.9 Å². The van der Waals surface area contributed by atoms with E-state index in [0.717, 1.165) is 5.56 Å². The van der Waals surface area contributed by atoms with Gasteiger partial charge in [-0.15, -0.1) is 0 Å². The highest BCUT2D eigenvalue weighted by Crippen LogP contribution is 2.36. The molecule has 2 aliphatic heterocycles. The van der Waals surface area contributed by atoms with Crippen molar-refractivity contribution in [3.05, 3.63) is 35.1 Å². The smallest absolute Gasteiger partial charge is 0.242 e. The maximum absolute atomic E-state index is 13.9.